The zero-order valence-corrected chi connectivity index (χ0v) is 43.9. The van der Waals surface area contributed by atoms with E-state index in [9.17, 15) is 39.8 Å². The number of hydrogen-bond acceptors (Lipinski definition) is 11. The molecule has 0 aromatic rings. The first-order valence-corrected chi connectivity index (χ1v) is 29.5. The molecule has 13 heteroatoms. The van der Waals surface area contributed by atoms with Gasteiger partial charge in [-0.15, -0.1) is 0 Å². The van der Waals surface area contributed by atoms with Crippen LogP contribution in [0.1, 0.15) is 264 Å². The second kappa shape index (κ2) is 45.0. The van der Waals surface area contributed by atoms with Gasteiger partial charge in [0.2, 0.25) is 0 Å². The van der Waals surface area contributed by atoms with Gasteiger partial charge in [-0.25, -0.2) is 4.57 Å². The van der Waals surface area contributed by atoms with E-state index in [2.05, 4.69) is 26.0 Å². The molecule has 1 rings (SSSR count). The molecule has 398 valence electrons. The first kappa shape index (κ1) is 64.1. The molecular weight excluding hydrogens is 872 g/mol. The predicted molar refractivity (Wildman–Crippen MR) is 272 cm³/mol. The summed E-state index contributed by atoms with van der Waals surface area (Å²) in [6, 6.07) is 0. The van der Waals surface area contributed by atoms with Gasteiger partial charge in [0.1, 0.15) is 42.7 Å². The van der Waals surface area contributed by atoms with Crippen molar-refractivity contribution < 1.29 is 58.3 Å². The Labute approximate surface area is 409 Å². The van der Waals surface area contributed by atoms with Crippen LogP contribution in [0.3, 0.4) is 0 Å². The number of rotatable bonds is 49. The predicted octanol–water partition coefficient (Wildman–Crippen LogP) is 13.0. The summed E-state index contributed by atoms with van der Waals surface area (Å²) in [6.45, 7) is 4.30. The molecule has 0 aromatic carbocycles. The van der Waals surface area contributed by atoms with Crippen LogP contribution >= 0.6 is 7.82 Å². The number of allylic oxidation sites excluding steroid dienone is 2. The highest BCUT2D eigenvalue weighted by molar-refractivity contribution is 7.47. The van der Waals surface area contributed by atoms with Crippen molar-refractivity contribution in [1.82, 2.24) is 0 Å². The van der Waals surface area contributed by atoms with Crippen molar-refractivity contribution in [1.29, 1.82) is 0 Å². The summed E-state index contributed by atoms with van der Waals surface area (Å²) in [6.07, 6.45) is 40.0. The Balaban J connectivity index is 2.28. The van der Waals surface area contributed by atoms with Crippen LogP contribution in [0.25, 0.3) is 0 Å². The SMILES string of the molecule is CCCCCCCCC/C=C\CCCCCCCCOCC(COP(=O)(O)OC1C(O)C(O)C(O)C(O)C1O)OC(=O)CCCCCCCCCCCCCCCCCCCCCCCCC. The van der Waals surface area contributed by atoms with Gasteiger partial charge in [-0.1, -0.05) is 231 Å². The molecule has 0 heterocycles. The topological polar surface area (TPSA) is 192 Å². The van der Waals surface area contributed by atoms with Crippen molar-refractivity contribution in [2.24, 2.45) is 0 Å². The van der Waals surface area contributed by atoms with Crippen LogP contribution < -0.4 is 0 Å². The number of esters is 1. The van der Waals surface area contributed by atoms with Crippen LogP contribution in [0.5, 0.6) is 0 Å². The van der Waals surface area contributed by atoms with Crippen molar-refractivity contribution in [2.45, 2.75) is 307 Å². The first-order chi connectivity index (χ1) is 32.5. The molecule has 12 nitrogen and oxygen atoms in total. The van der Waals surface area contributed by atoms with Gasteiger partial charge in [-0.3, -0.25) is 13.8 Å². The normalized spacial score (nSPS) is 21.3. The van der Waals surface area contributed by atoms with Crippen LogP contribution in [0.4, 0.5) is 0 Å². The largest absolute Gasteiger partial charge is 0.472 e. The molecule has 1 saturated carbocycles. The number of hydrogen-bond donors (Lipinski definition) is 6. The summed E-state index contributed by atoms with van der Waals surface area (Å²) in [5, 5.41) is 50.4. The molecule has 0 spiro atoms. The molecule has 0 aromatic heterocycles. The Morgan fingerprint density at radius 2 is 0.791 bits per heavy atom. The lowest BCUT2D eigenvalue weighted by Gasteiger charge is -2.41. The van der Waals surface area contributed by atoms with E-state index in [1.54, 1.807) is 0 Å². The second-order valence-electron chi connectivity index (χ2n) is 19.8. The van der Waals surface area contributed by atoms with E-state index < -0.39 is 63.1 Å². The number of carbonyl (C=O) groups excluding carboxylic acids is 1. The van der Waals surface area contributed by atoms with Crippen LogP contribution in [0.2, 0.25) is 0 Å². The highest BCUT2D eigenvalue weighted by Crippen LogP contribution is 2.47. The van der Waals surface area contributed by atoms with E-state index in [-0.39, 0.29) is 13.0 Å². The highest BCUT2D eigenvalue weighted by atomic mass is 31.2. The molecule has 0 saturated heterocycles. The summed E-state index contributed by atoms with van der Waals surface area (Å²) < 4.78 is 34.4. The van der Waals surface area contributed by atoms with Crippen LogP contribution in [-0.2, 0) is 27.9 Å². The maximum absolute atomic E-state index is 12.9. The summed E-state index contributed by atoms with van der Waals surface area (Å²) >= 11 is 0. The average molecular weight is 977 g/mol. The van der Waals surface area contributed by atoms with Gasteiger partial charge in [-0.05, 0) is 38.5 Å². The number of phosphoric acid groups is 1. The molecule has 6 unspecified atom stereocenters. The number of unbranched alkanes of at least 4 members (excludes halogenated alkanes) is 35. The molecule has 0 bridgehead atoms. The van der Waals surface area contributed by atoms with Gasteiger partial charge >= 0.3 is 13.8 Å². The van der Waals surface area contributed by atoms with E-state index in [1.807, 2.05) is 0 Å². The van der Waals surface area contributed by atoms with Crippen LogP contribution in [0.15, 0.2) is 12.2 Å². The molecule has 6 atom stereocenters. The summed E-state index contributed by atoms with van der Waals surface area (Å²) in [5.74, 6) is -0.472. The van der Waals surface area contributed by atoms with E-state index in [1.165, 1.54) is 186 Å². The second-order valence-corrected chi connectivity index (χ2v) is 21.2. The Bertz CT molecular complexity index is 1160. The van der Waals surface area contributed by atoms with E-state index in [0.29, 0.717) is 13.0 Å². The fourth-order valence-corrected chi connectivity index (χ4v) is 9.91. The molecule has 1 fully saturated rings. The van der Waals surface area contributed by atoms with Gasteiger partial charge in [-0.2, -0.15) is 0 Å². The monoisotopic (exact) mass is 977 g/mol. The van der Waals surface area contributed by atoms with Crippen molar-refractivity contribution in [2.75, 3.05) is 19.8 Å². The quantitative estimate of drug-likeness (QED) is 0.0146. The van der Waals surface area contributed by atoms with Gasteiger partial charge in [0.25, 0.3) is 0 Å². The number of carbonyl (C=O) groups is 1. The molecule has 1 aliphatic carbocycles. The summed E-state index contributed by atoms with van der Waals surface area (Å²) in [7, 11) is -5.02. The molecule has 0 radical (unpaired) electrons. The number of phosphoric ester groups is 1. The third-order valence-electron chi connectivity index (χ3n) is 13.4. The number of ether oxygens (including phenoxy) is 2. The minimum atomic E-state index is -5.02. The summed E-state index contributed by atoms with van der Waals surface area (Å²) in [5.41, 5.74) is 0. The standard InChI is InChI=1S/C54H105O12P/c1-3-5-7-9-11-13-15-17-19-21-22-23-24-25-26-27-29-31-33-35-37-39-41-43-48(55)65-47(46-64-67(61,62)66-54-52(59)50(57)49(56)51(58)53(54)60)45-63-44-42-40-38-36-34-32-30-28-20-18-16-14-12-10-8-6-4-2/h20,28,47,49-54,56-60H,3-19,21-27,29-46H2,1-2H3,(H,61,62)/b28-20-. The van der Waals surface area contributed by atoms with Gasteiger partial charge in [0.15, 0.2) is 0 Å². The Morgan fingerprint density at radius 3 is 1.18 bits per heavy atom. The molecular formula is C54H105O12P. The van der Waals surface area contributed by atoms with Crippen molar-refractivity contribution in [3.63, 3.8) is 0 Å². The average Bonchev–Trinajstić information content (AvgIpc) is 3.31. The number of aliphatic hydroxyl groups excluding tert-OH is 5. The van der Waals surface area contributed by atoms with Gasteiger partial charge < -0.3 is 39.9 Å². The van der Waals surface area contributed by atoms with Gasteiger partial charge in [0, 0.05) is 13.0 Å². The molecule has 6 N–H and O–H groups in total. The maximum atomic E-state index is 12.9. The molecule has 0 aliphatic heterocycles. The first-order valence-electron chi connectivity index (χ1n) is 28.0. The minimum Gasteiger partial charge on any atom is -0.457 e. The lowest BCUT2D eigenvalue weighted by atomic mass is 9.85. The number of aliphatic hydroxyl groups is 5. The Hall–Kier alpha value is -0.920. The molecule has 0 amide bonds. The lowest BCUT2D eigenvalue weighted by molar-refractivity contribution is -0.220. The fraction of sp³-hybridized carbons (Fsp3) is 0.944. The lowest BCUT2D eigenvalue weighted by Crippen LogP contribution is -2.64. The third-order valence-corrected chi connectivity index (χ3v) is 14.4. The molecule has 1 aliphatic rings. The Kier molecular flexibility index (Phi) is 43.0. The maximum Gasteiger partial charge on any atom is 0.472 e. The van der Waals surface area contributed by atoms with Gasteiger partial charge in [0.05, 0.1) is 13.2 Å². The van der Waals surface area contributed by atoms with Crippen molar-refractivity contribution >= 4 is 13.8 Å². The van der Waals surface area contributed by atoms with Crippen molar-refractivity contribution in [3.05, 3.63) is 12.2 Å². The smallest absolute Gasteiger partial charge is 0.457 e. The van der Waals surface area contributed by atoms with Crippen LogP contribution in [0, 0.1) is 0 Å². The highest BCUT2D eigenvalue weighted by Gasteiger charge is 2.51. The molecule has 67 heavy (non-hydrogen) atoms. The zero-order valence-electron chi connectivity index (χ0n) is 43.0. The third kappa shape index (κ3) is 36.6. The minimum absolute atomic E-state index is 0.0748. The zero-order chi connectivity index (χ0) is 49.1. The Morgan fingerprint density at radius 1 is 0.463 bits per heavy atom. The van der Waals surface area contributed by atoms with Crippen LogP contribution in [-0.4, -0.2) is 98.9 Å². The van der Waals surface area contributed by atoms with E-state index in [4.69, 9.17) is 18.5 Å². The summed E-state index contributed by atoms with van der Waals surface area (Å²) in [4.78, 5) is 23.3. The van der Waals surface area contributed by atoms with E-state index >= 15 is 0 Å². The van der Waals surface area contributed by atoms with Crippen molar-refractivity contribution in [3.8, 4) is 0 Å². The van der Waals surface area contributed by atoms with E-state index in [0.717, 1.165) is 51.4 Å². The fourth-order valence-electron chi connectivity index (χ4n) is 8.94.